The zero-order valence-electron chi connectivity index (χ0n) is 29.9. The minimum absolute atomic E-state index is 0.0457. The van der Waals surface area contributed by atoms with Gasteiger partial charge in [0, 0.05) is 95.2 Å². The van der Waals surface area contributed by atoms with E-state index in [4.69, 9.17) is 0 Å². The number of fused-ring (bicyclic) bond motifs is 4. The molecule has 4 aromatic carbocycles. The van der Waals surface area contributed by atoms with Crippen LogP contribution in [0.2, 0.25) is 0 Å². The standard InChI is InChI=1S/C41H42N6O4S/c1-23(2)47-14-13-27-19-26(9-12-36(27)47)32-17-25(18-35-41(32)42-24(3)15-38(48)45-35)16-28-20-39(49)44-34-8-6-7-31(40(34)43-28)33-22-46(4)37-21-29(52(5,50)51)10-11-30(33)37/h6-14,17-19,21-24,28,42-43H,15-16,20H2,1-5H3,(H,44,49)(H,45,48)/t24-,28-/m1/s1. The summed E-state index contributed by atoms with van der Waals surface area (Å²) in [6.45, 7) is 6.36. The van der Waals surface area contributed by atoms with Crippen LogP contribution in [0.4, 0.5) is 22.7 Å². The number of para-hydroxylation sites is 1. The van der Waals surface area contributed by atoms with Gasteiger partial charge in [-0.15, -0.1) is 0 Å². The van der Waals surface area contributed by atoms with Crippen molar-refractivity contribution in [2.45, 2.75) is 63.1 Å². The normalized spacial score (nSPS) is 17.5. The summed E-state index contributed by atoms with van der Waals surface area (Å²) in [5.74, 6) is -0.140. The van der Waals surface area contributed by atoms with E-state index < -0.39 is 9.84 Å². The first kappa shape index (κ1) is 33.6. The highest BCUT2D eigenvalue weighted by atomic mass is 32.2. The zero-order valence-corrected chi connectivity index (χ0v) is 30.7. The lowest BCUT2D eigenvalue weighted by atomic mass is 9.94. The number of anilines is 4. The van der Waals surface area contributed by atoms with Gasteiger partial charge in [0.2, 0.25) is 11.8 Å². The van der Waals surface area contributed by atoms with E-state index in [1.807, 2.05) is 55.1 Å². The summed E-state index contributed by atoms with van der Waals surface area (Å²) in [4.78, 5) is 26.6. The van der Waals surface area contributed by atoms with Crippen LogP contribution in [0, 0.1) is 0 Å². The molecular formula is C41H42N6O4S. The topological polar surface area (TPSA) is 126 Å². The summed E-state index contributed by atoms with van der Waals surface area (Å²) < 4.78 is 28.9. The van der Waals surface area contributed by atoms with Crippen LogP contribution >= 0.6 is 0 Å². The SMILES string of the molecule is CC(C)n1ccc2cc(-c3cc(C[C@@H]4CC(=O)Nc5cccc(-c6cn(C)c7cc(S(C)(=O)=O)ccc67)c5N4)cc4c3N[C@H](C)CC(=O)N4)ccc21. The summed E-state index contributed by atoms with van der Waals surface area (Å²) in [6.07, 6.45) is 6.45. The second-order valence-electron chi connectivity index (χ2n) is 14.6. The Morgan fingerprint density at radius 2 is 1.58 bits per heavy atom. The van der Waals surface area contributed by atoms with Crippen molar-refractivity contribution in [1.29, 1.82) is 0 Å². The molecule has 0 bridgehead atoms. The predicted octanol–water partition coefficient (Wildman–Crippen LogP) is 7.96. The molecule has 0 spiro atoms. The van der Waals surface area contributed by atoms with Gasteiger partial charge < -0.3 is 30.4 Å². The lowest BCUT2D eigenvalue weighted by molar-refractivity contribution is -0.117. The van der Waals surface area contributed by atoms with Crippen LogP contribution in [-0.2, 0) is 32.9 Å². The zero-order chi connectivity index (χ0) is 36.5. The highest BCUT2D eigenvalue weighted by molar-refractivity contribution is 7.90. The molecule has 2 amide bonds. The average Bonchev–Trinajstić information content (AvgIpc) is 3.56. The molecule has 2 aromatic heterocycles. The van der Waals surface area contributed by atoms with Crippen LogP contribution < -0.4 is 21.3 Å². The van der Waals surface area contributed by atoms with Crippen molar-refractivity contribution in [2.75, 3.05) is 27.5 Å². The number of aromatic nitrogens is 2. The van der Waals surface area contributed by atoms with E-state index in [1.165, 1.54) is 11.8 Å². The maximum absolute atomic E-state index is 13.4. The molecule has 0 aliphatic carbocycles. The quantitative estimate of drug-likeness (QED) is 0.139. The summed E-state index contributed by atoms with van der Waals surface area (Å²) in [6, 6.07) is 23.9. The first-order valence-electron chi connectivity index (χ1n) is 17.7. The van der Waals surface area contributed by atoms with Gasteiger partial charge in [0.25, 0.3) is 0 Å². The molecular weight excluding hydrogens is 673 g/mol. The van der Waals surface area contributed by atoms with Crippen LogP contribution in [0.1, 0.15) is 45.2 Å². The Morgan fingerprint density at radius 1 is 0.808 bits per heavy atom. The number of amides is 2. The lowest BCUT2D eigenvalue weighted by Crippen LogP contribution is -2.25. The van der Waals surface area contributed by atoms with E-state index in [0.29, 0.717) is 24.6 Å². The fourth-order valence-electron chi connectivity index (χ4n) is 7.79. The van der Waals surface area contributed by atoms with E-state index in [9.17, 15) is 18.0 Å². The van der Waals surface area contributed by atoms with E-state index in [2.05, 4.69) is 76.2 Å². The molecule has 52 heavy (non-hydrogen) atoms. The maximum Gasteiger partial charge on any atom is 0.226 e. The Hall–Kier alpha value is -5.55. The Bertz CT molecular complexity index is 2550. The first-order valence-corrected chi connectivity index (χ1v) is 19.5. The minimum atomic E-state index is -3.38. The van der Waals surface area contributed by atoms with E-state index >= 15 is 0 Å². The summed E-state index contributed by atoms with van der Waals surface area (Å²) in [5.41, 5.74) is 9.90. The van der Waals surface area contributed by atoms with Gasteiger partial charge in [-0.25, -0.2) is 8.42 Å². The van der Waals surface area contributed by atoms with E-state index in [0.717, 1.165) is 61.2 Å². The number of sulfone groups is 1. The monoisotopic (exact) mass is 714 g/mol. The number of rotatable bonds is 6. The van der Waals surface area contributed by atoms with E-state index in [-0.39, 0.29) is 35.2 Å². The van der Waals surface area contributed by atoms with Crippen molar-refractivity contribution in [3.05, 3.63) is 90.8 Å². The van der Waals surface area contributed by atoms with Gasteiger partial charge in [-0.1, -0.05) is 24.3 Å². The van der Waals surface area contributed by atoms with Gasteiger partial charge in [0.05, 0.1) is 27.6 Å². The van der Waals surface area contributed by atoms with Crippen LogP contribution in [0.5, 0.6) is 0 Å². The van der Waals surface area contributed by atoms with Gasteiger partial charge in [-0.2, -0.15) is 0 Å². The van der Waals surface area contributed by atoms with Crippen molar-refractivity contribution < 1.29 is 18.0 Å². The van der Waals surface area contributed by atoms with Gasteiger partial charge in [0.1, 0.15) is 0 Å². The molecule has 266 valence electrons. The van der Waals surface area contributed by atoms with Crippen LogP contribution in [0.3, 0.4) is 0 Å². The number of hydrogen-bond acceptors (Lipinski definition) is 6. The van der Waals surface area contributed by atoms with Crippen LogP contribution in [-0.4, -0.2) is 47.7 Å². The number of hydrogen-bond donors (Lipinski definition) is 4. The van der Waals surface area contributed by atoms with Crippen molar-refractivity contribution in [3.63, 3.8) is 0 Å². The highest BCUT2D eigenvalue weighted by Gasteiger charge is 2.27. The summed E-state index contributed by atoms with van der Waals surface area (Å²) >= 11 is 0. The summed E-state index contributed by atoms with van der Waals surface area (Å²) in [5, 5.41) is 15.6. The minimum Gasteiger partial charge on any atom is -0.380 e. The molecule has 6 aromatic rings. The van der Waals surface area contributed by atoms with Crippen molar-refractivity contribution in [1.82, 2.24) is 9.13 Å². The van der Waals surface area contributed by atoms with Gasteiger partial charge in [0.15, 0.2) is 9.84 Å². The van der Waals surface area contributed by atoms with E-state index in [1.54, 1.807) is 12.1 Å². The fraction of sp³-hybridized carbons (Fsp3) is 0.268. The van der Waals surface area contributed by atoms with Crippen molar-refractivity contribution in [3.8, 4) is 22.3 Å². The average molecular weight is 715 g/mol. The lowest BCUT2D eigenvalue weighted by Gasteiger charge is -2.22. The third kappa shape index (κ3) is 6.08. The second kappa shape index (κ2) is 12.6. The molecule has 0 unspecified atom stereocenters. The van der Waals surface area contributed by atoms with Crippen LogP contribution in [0.15, 0.2) is 90.1 Å². The number of carbonyl (C=O) groups excluding carboxylic acids is 2. The Labute approximate surface area is 303 Å². The molecule has 0 fully saturated rings. The Balaban J connectivity index is 1.20. The molecule has 2 aliphatic heterocycles. The number of carbonyl (C=O) groups is 2. The maximum atomic E-state index is 13.4. The molecule has 0 radical (unpaired) electrons. The Kier molecular flexibility index (Phi) is 8.13. The van der Waals surface area contributed by atoms with Gasteiger partial charge in [-0.05, 0) is 86.8 Å². The second-order valence-corrected chi connectivity index (χ2v) is 16.6. The molecule has 4 N–H and O–H groups in total. The Morgan fingerprint density at radius 3 is 2.37 bits per heavy atom. The number of aryl methyl sites for hydroxylation is 1. The van der Waals surface area contributed by atoms with Crippen molar-refractivity contribution in [2.24, 2.45) is 7.05 Å². The van der Waals surface area contributed by atoms with Crippen molar-refractivity contribution >= 4 is 66.2 Å². The van der Waals surface area contributed by atoms with Gasteiger partial charge in [-0.3, -0.25) is 9.59 Å². The predicted molar refractivity (Wildman–Crippen MR) is 210 cm³/mol. The fourth-order valence-corrected chi connectivity index (χ4v) is 8.43. The third-order valence-electron chi connectivity index (χ3n) is 10.2. The molecule has 0 saturated carbocycles. The number of nitrogens with zero attached hydrogens (tertiary/aromatic N) is 2. The molecule has 8 rings (SSSR count). The molecule has 2 atom stereocenters. The largest absolute Gasteiger partial charge is 0.380 e. The van der Waals surface area contributed by atoms with Crippen LogP contribution in [0.25, 0.3) is 44.1 Å². The highest BCUT2D eigenvalue weighted by Crippen LogP contribution is 2.43. The van der Waals surface area contributed by atoms with Gasteiger partial charge >= 0.3 is 0 Å². The molecule has 10 nitrogen and oxygen atoms in total. The number of nitrogens with one attached hydrogen (secondary N) is 4. The first-order chi connectivity index (χ1) is 24.8. The summed E-state index contributed by atoms with van der Waals surface area (Å²) in [7, 11) is -1.47. The molecule has 11 heteroatoms. The number of benzene rings is 4. The smallest absolute Gasteiger partial charge is 0.226 e. The molecule has 4 heterocycles. The molecule has 2 aliphatic rings. The molecule has 0 saturated heterocycles. The third-order valence-corrected chi connectivity index (χ3v) is 11.3.